The highest BCUT2D eigenvalue weighted by molar-refractivity contribution is 7.99. The van der Waals surface area contributed by atoms with Crippen molar-refractivity contribution >= 4 is 29.5 Å². The van der Waals surface area contributed by atoms with Gasteiger partial charge in [0.25, 0.3) is 0 Å². The topological polar surface area (TPSA) is 111 Å². The summed E-state index contributed by atoms with van der Waals surface area (Å²) in [5, 5.41) is 0.483. The molecule has 9 heteroatoms. The highest BCUT2D eigenvalue weighted by Gasteiger charge is 2.23. The number of aryl methyl sites for hydroxylation is 3. The molecule has 150 valence electrons. The lowest BCUT2D eigenvalue weighted by Crippen LogP contribution is -2.17. The van der Waals surface area contributed by atoms with Crippen molar-refractivity contribution in [2.24, 2.45) is 0 Å². The van der Waals surface area contributed by atoms with Crippen LogP contribution in [0.3, 0.4) is 0 Å². The second-order valence-corrected chi connectivity index (χ2v) is 7.09. The summed E-state index contributed by atoms with van der Waals surface area (Å²) in [6, 6.07) is 1.84. The molecule has 28 heavy (non-hydrogen) atoms. The van der Waals surface area contributed by atoms with Gasteiger partial charge in [-0.3, -0.25) is 9.59 Å². The molecule has 0 saturated heterocycles. The van der Waals surface area contributed by atoms with Crippen LogP contribution in [0.2, 0.25) is 0 Å². The van der Waals surface area contributed by atoms with E-state index in [4.69, 9.17) is 9.47 Å². The van der Waals surface area contributed by atoms with E-state index in [0.29, 0.717) is 22.0 Å². The predicted molar refractivity (Wildman–Crippen MR) is 104 cm³/mol. The number of rotatable bonds is 8. The Hall–Kier alpha value is -2.68. The molecule has 0 aliphatic carbocycles. The molecule has 8 nitrogen and oxygen atoms in total. The summed E-state index contributed by atoms with van der Waals surface area (Å²) >= 11 is 1.15. The lowest BCUT2D eigenvalue weighted by atomic mass is 10.1. The minimum atomic E-state index is -0.544. The van der Waals surface area contributed by atoms with Crippen LogP contribution in [-0.2, 0) is 14.3 Å². The van der Waals surface area contributed by atoms with Gasteiger partial charge in [-0.25, -0.2) is 14.8 Å². The van der Waals surface area contributed by atoms with Gasteiger partial charge in [0, 0.05) is 22.6 Å². The largest absolute Gasteiger partial charge is 0.461 e. The molecule has 2 aromatic rings. The minimum Gasteiger partial charge on any atom is -0.461 e. The number of Topliss-reactive ketones (excluding diaryl/α,β-unsaturated/α-hetero) is 1. The summed E-state index contributed by atoms with van der Waals surface area (Å²) in [6.07, 6.45) is 0. The molecule has 0 radical (unpaired) electrons. The number of carbonyl (C=O) groups excluding carboxylic acids is 3. The van der Waals surface area contributed by atoms with Crippen LogP contribution < -0.4 is 0 Å². The number of aromatic nitrogens is 3. The maximum Gasteiger partial charge on any atom is 0.355 e. The number of nitrogens with one attached hydrogen (secondary N) is 1. The summed E-state index contributed by atoms with van der Waals surface area (Å²) in [5.74, 6) is -1.46. The zero-order valence-electron chi connectivity index (χ0n) is 16.5. The molecule has 0 unspecified atom stereocenters. The maximum atomic E-state index is 12.5. The molecule has 0 amide bonds. The van der Waals surface area contributed by atoms with Crippen molar-refractivity contribution in [3.05, 3.63) is 40.0 Å². The molecule has 0 aliphatic rings. The number of hydrogen-bond donors (Lipinski definition) is 1. The molecule has 0 atom stereocenters. The smallest absolute Gasteiger partial charge is 0.355 e. The molecule has 1 N–H and O–H groups in total. The van der Waals surface area contributed by atoms with E-state index >= 15 is 0 Å². The van der Waals surface area contributed by atoms with E-state index < -0.39 is 18.5 Å². The summed E-state index contributed by atoms with van der Waals surface area (Å²) in [7, 11) is 0. The zero-order chi connectivity index (χ0) is 20.8. The number of hydrogen-bond acceptors (Lipinski definition) is 8. The van der Waals surface area contributed by atoms with E-state index in [-0.39, 0.29) is 23.8 Å². The standard InChI is InChI=1S/C19H23N3O5S/c1-6-26-18(25)17-12(4)16(13(5)22-17)14(23)8-27-15(24)9-28-19-20-10(2)7-11(3)21-19/h7,22H,6,8-9H2,1-5H3. The van der Waals surface area contributed by atoms with E-state index in [9.17, 15) is 14.4 Å². The molecule has 2 heterocycles. The van der Waals surface area contributed by atoms with E-state index in [1.54, 1.807) is 20.8 Å². The number of ether oxygens (including phenoxy) is 2. The Morgan fingerprint density at radius 3 is 2.32 bits per heavy atom. The van der Waals surface area contributed by atoms with Crippen LogP contribution in [-0.4, -0.2) is 51.6 Å². The lowest BCUT2D eigenvalue weighted by Gasteiger charge is -2.06. The van der Waals surface area contributed by atoms with Gasteiger partial charge in [-0.15, -0.1) is 0 Å². The van der Waals surface area contributed by atoms with Crippen LogP contribution in [0.5, 0.6) is 0 Å². The van der Waals surface area contributed by atoms with E-state index in [0.717, 1.165) is 23.1 Å². The van der Waals surface area contributed by atoms with Crippen molar-refractivity contribution in [2.75, 3.05) is 19.0 Å². The molecule has 0 fully saturated rings. The zero-order valence-corrected chi connectivity index (χ0v) is 17.4. The molecule has 2 rings (SSSR count). The van der Waals surface area contributed by atoms with Crippen LogP contribution in [0.25, 0.3) is 0 Å². The third-order valence-electron chi connectivity index (χ3n) is 3.84. The fraction of sp³-hybridized carbons (Fsp3) is 0.421. The second kappa shape index (κ2) is 9.50. The Balaban J connectivity index is 1.94. The van der Waals surface area contributed by atoms with Gasteiger partial charge in [0.15, 0.2) is 11.8 Å². The molecule has 0 saturated carbocycles. The number of nitrogens with zero attached hydrogens (tertiary/aromatic N) is 2. The fourth-order valence-corrected chi connectivity index (χ4v) is 3.46. The van der Waals surface area contributed by atoms with Gasteiger partial charge < -0.3 is 14.5 Å². The predicted octanol–water partition coefficient (Wildman–Crippen LogP) is 2.73. The molecule has 0 aromatic carbocycles. The van der Waals surface area contributed by atoms with E-state index in [2.05, 4.69) is 15.0 Å². The summed E-state index contributed by atoms with van der Waals surface area (Å²) in [4.78, 5) is 47.7. The fourth-order valence-electron chi connectivity index (χ4n) is 2.72. The molecule has 0 bridgehead atoms. The van der Waals surface area contributed by atoms with Crippen molar-refractivity contribution in [2.45, 2.75) is 39.8 Å². The Bertz CT molecular complexity index is 887. The number of thioether (sulfide) groups is 1. The Kier molecular flexibility index (Phi) is 7.33. The maximum absolute atomic E-state index is 12.5. The van der Waals surface area contributed by atoms with Crippen molar-refractivity contribution < 1.29 is 23.9 Å². The third kappa shape index (κ3) is 5.41. The van der Waals surface area contributed by atoms with Crippen molar-refractivity contribution in [1.82, 2.24) is 15.0 Å². The number of aromatic amines is 1. The monoisotopic (exact) mass is 405 g/mol. The van der Waals surface area contributed by atoms with Gasteiger partial charge in [0.2, 0.25) is 5.78 Å². The van der Waals surface area contributed by atoms with Crippen molar-refractivity contribution in [1.29, 1.82) is 0 Å². The molecular weight excluding hydrogens is 382 g/mol. The third-order valence-corrected chi connectivity index (χ3v) is 4.66. The Labute approximate surface area is 167 Å². The normalized spacial score (nSPS) is 10.6. The number of esters is 2. The molecule has 0 spiro atoms. The summed E-state index contributed by atoms with van der Waals surface area (Å²) < 4.78 is 10.0. The number of H-pyrrole nitrogens is 1. The minimum absolute atomic E-state index is 0.00461. The van der Waals surface area contributed by atoms with Crippen molar-refractivity contribution in [3.63, 3.8) is 0 Å². The van der Waals surface area contributed by atoms with Gasteiger partial charge in [0.05, 0.1) is 12.4 Å². The van der Waals surface area contributed by atoms with E-state index in [1.807, 2.05) is 19.9 Å². The second-order valence-electron chi connectivity index (χ2n) is 6.15. The quantitative estimate of drug-likeness (QED) is 0.309. The lowest BCUT2D eigenvalue weighted by molar-refractivity contribution is -0.139. The highest BCUT2D eigenvalue weighted by atomic mass is 32.2. The van der Waals surface area contributed by atoms with Crippen LogP contribution >= 0.6 is 11.8 Å². The van der Waals surface area contributed by atoms with Gasteiger partial charge >= 0.3 is 11.9 Å². The number of ketones is 1. The molecule has 0 aliphatic heterocycles. The van der Waals surface area contributed by atoms with Crippen LogP contribution in [0, 0.1) is 27.7 Å². The van der Waals surface area contributed by atoms with Gasteiger partial charge in [-0.2, -0.15) is 0 Å². The Morgan fingerprint density at radius 2 is 1.71 bits per heavy atom. The first-order chi connectivity index (χ1) is 13.2. The first kappa shape index (κ1) is 21.6. The van der Waals surface area contributed by atoms with Gasteiger partial charge in [0.1, 0.15) is 5.69 Å². The highest BCUT2D eigenvalue weighted by Crippen LogP contribution is 2.20. The van der Waals surface area contributed by atoms with Crippen LogP contribution in [0.1, 0.15) is 50.4 Å². The van der Waals surface area contributed by atoms with Crippen LogP contribution in [0.15, 0.2) is 11.2 Å². The van der Waals surface area contributed by atoms with Crippen LogP contribution in [0.4, 0.5) is 0 Å². The van der Waals surface area contributed by atoms with Gasteiger partial charge in [-0.05, 0) is 46.2 Å². The SMILES string of the molecule is CCOC(=O)c1[nH]c(C)c(C(=O)COC(=O)CSc2nc(C)cc(C)n2)c1C. The van der Waals surface area contributed by atoms with Crippen molar-refractivity contribution in [3.8, 4) is 0 Å². The Morgan fingerprint density at radius 1 is 1.07 bits per heavy atom. The molecule has 2 aromatic heterocycles. The first-order valence-corrected chi connectivity index (χ1v) is 9.71. The average Bonchev–Trinajstić information content (AvgIpc) is 2.92. The number of carbonyl (C=O) groups is 3. The average molecular weight is 405 g/mol. The summed E-state index contributed by atoms with van der Waals surface area (Å²) in [6.45, 7) is 8.56. The van der Waals surface area contributed by atoms with Gasteiger partial charge in [-0.1, -0.05) is 11.8 Å². The molecular formula is C19H23N3O5S. The first-order valence-electron chi connectivity index (χ1n) is 8.73. The van der Waals surface area contributed by atoms with E-state index in [1.165, 1.54) is 0 Å². The summed E-state index contributed by atoms with van der Waals surface area (Å²) in [5.41, 5.74) is 3.20.